The molecule has 0 heterocycles. The number of halogens is 1. The Morgan fingerprint density at radius 1 is 1.12 bits per heavy atom. The van der Waals surface area contributed by atoms with Gasteiger partial charge in [-0.3, -0.25) is 9.59 Å². The van der Waals surface area contributed by atoms with E-state index in [0.717, 1.165) is 17.7 Å². The molecule has 2 rings (SSSR count). The van der Waals surface area contributed by atoms with Crippen LogP contribution in [0.15, 0.2) is 48.5 Å². The molecular formula is C20H23FN2O2. The lowest BCUT2D eigenvalue weighted by Crippen LogP contribution is -2.39. The summed E-state index contributed by atoms with van der Waals surface area (Å²) in [6.45, 7) is 4.32. The van der Waals surface area contributed by atoms with E-state index in [1.807, 2.05) is 38.1 Å². The lowest BCUT2D eigenvalue weighted by atomic mass is 10.1. The maximum absolute atomic E-state index is 13.3. The predicted octanol–water partition coefficient (Wildman–Crippen LogP) is 3.55. The zero-order valence-electron chi connectivity index (χ0n) is 14.6. The fourth-order valence-electron chi connectivity index (χ4n) is 2.57. The molecule has 0 radical (unpaired) electrons. The van der Waals surface area contributed by atoms with E-state index in [1.165, 1.54) is 17.0 Å². The van der Waals surface area contributed by atoms with Crippen LogP contribution >= 0.6 is 0 Å². The predicted molar refractivity (Wildman–Crippen MR) is 96.8 cm³/mol. The minimum Gasteiger partial charge on any atom is -0.333 e. The number of aryl methyl sites for hydroxylation is 1. The van der Waals surface area contributed by atoms with Crippen LogP contribution in [0.1, 0.15) is 24.5 Å². The van der Waals surface area contributed by atoms with Crippen molar-refractivity contribution in [2.75, 3.05) is 18.4 Å². The van der Waals surface area contributed by atoms with Gasteiger partial charge in [-0.15, -0.1) is 0 Å². The van der Waals surface area contributed by atoms with Gasteiger partial charge < -0.3 is 10.2 Å². The highest BCUT2D eigenvalue weighted by Crippen LogP contribution is 2.13. The van der Waals surface area contributed by atoms with Crippen molar-refractivity contribution >= 4 is 17.5 Å². The molecule has 2 aromatic carbocycles. The Hall–Kier alpha value is -2.69. The number of anilines is 1. The van der Waals surface area contributed by atoms with E-state index in [9.17, 15) is 14.0 Å². The van der Waals surface area contributed by atoms with E-state index in [2.05, 4.69) is 5.32 Å². The molecule has 0 aromatic heterocycles. The molecule has 0 spiro atoms. The van der Waals surface area contributed by atoms with E-state index in [0.29, 0.717) is 12.1 Å². The zero-order chi connectivity index (χ0) is 18.2. The van der Waals surface area contributed by atoms with Crippen LogP contribution in [0.4, 0.5) is 10.1 Å². The Labute approximate surface area is 147 Å². The molecule has 0 aliphatic carbocycles. The van der Waals surface area contributed by atoms with Gasteiger partial charge in [0.05, 0.1) is 13.0 Å². The van der Waals surface area contributed by atoms with E-state index in [4.69, 9.17) is 0 Å². The first kappa shape index (κ1) is 18.6. The molecule has 132 valence electrons. The molecule has 2 amide bonds. The second-order valence-electron chi connectivity index (χ2n) is 5.99. The second kappa shape index (κ2) is 8.97. The van der Waals surface area contributed by atoms with Crippen molar-refractivity contribution in [3.05, 3.63) is 65.5 Å². The highest BCUT2D eigenvalue weighted by Gasteiger charge is 2.17. The molecule has 4 nitrogen and oxygen atoms in total. The molecule has 2 aromatic rings. The van der Waals surface area contributed by atoms with Crippen molar-refractivity contribution in [1.82, 2.24) is 4.90 Å². The Balaban J connectivity index is 2.00. The number of carbonyl (C=O) groups excluding carboxylic acids is 2. The monoisotopic (exact) mass is 342 g/mol. The summed E-state index contributed by atoms with van der Waals surface area (Å²) in [5.74, 6) is -0.799. The average molecular weight is 342 g/mol. The third kappa shape index (κ3) is 5.71. The van der Waals surface area contributed by atoms with Gasteiger partial charge in [-0.2, -0.15) is 0 Å². The van der Waals surface area contributed by atoms with Gasteiger partial charge in [0.1, 0.15) is 5.82 Å². The maximum atomic E-state index is 13.3. The third-order valence-electron chi connectivity index (χ3n) is 3.84. The molecular weight excluding hydrogens is 319 g/mol. The van der Waals surface area contributed by atoms with E-state index >= 15 is 0 Å². The Morgan fingerprint density at radius 3 is 2.56 bits per heavy atom. The molecule has 0 fully saturated rings. The van der Waals surface area contributed by atoms with Gasteiger partial charge in [0.25, 0.3) is 0 Å². The van der Waals surface area contributed by atoms with Crippen molar-refractivity contribution in [3.8, 4) is 0 Å². The summed E-state index contributed by atoms with van der Waals surface area (Å²) >= 11 is 0. The minimum absolute atomic E-state index is 0.0175. The van der Waals surface area contributed by atoms with Crippen LogP contribution in [0, 0.1) is 12.7 Å². The first-order chi connectivity index (χ1) is 12.0. The second-order valence-corrected chi connectivity index (χ2v) is 5.99. The summed E-state index contributed by atoms with van der Waals surface area (Å²) in [6.07, 6.45) is 0.821. The molecule has 0 saturated carbocycles. The van der Waals surface area contributed by atoms with Crippen LogP contribution < -0.4 is 5.32 Å². The zero-order valence-corrected chi connectivity index (χ0v) is 14.6. The van der Waals surface area contributed by atoms with Gasteiger partial charge in [0.2, 0.25) is 11.8 Å². The lowest BCUT2D eigenvalue weighted by Gasteiger charge is -2.22. The van der Waals surface area contributed by atoms with E-state index < -0.39 is 0 Å². The van der Waals surface area contributed by atoms with Gasteiger partial charge in [-0.1, -0.05) is 37.3 Å². The Kier molecular flexibility index (Phi) is 6.69. The number of amides is 2. The first-order valence-electron chi connectivity index (χ1n) is 8.37. The van der Waals surface area contributed by atoms with E-state index in [-0.39, 0.29) is 30.6 Å². The van der Waals surface area contributed by atoms with Gasteiger partial charge in [0, 0.05) is 12.2 Å². The highest BCUT2D eigenvalue weighted by atomic mass is 19.1. The summed E-state index contributed by atoms with van der Waals surface area (Å²) in [6, 6.07) is 13.5. The van der Waals surface area contributed by atoms with Crippen molar-refractivity contribution in [2.24, 2.45) is 0 Å². The van der Waals surface area contributed by atoms with Gasteiger partial charge in [-0.05, 0) is 42.7 Å². The summed E-state index contributed by atoms with van der Waals surface area (Å²) in [5.41, 5.74) is 2.30. The van der Waals surface area contributed by atoms with Crippen LogP contribution in [-0.2, 0) is 16.0 Å². The molecule has 0 aliphatic rings. The van der Waals surface area contributed by atoms with Crippen LogP contribution in [0.3, 0.4) is 0 Å². The van der Waals surface area contributed by atoms with Crippen LogP contribution in [-0.4, -0.2) is 29.8 Å². The summed E-state index contributed by atoms with van der Waals surface area (Å²) in [4.78, 5) is 26.3. The number of para-hydroxylation sites is 1. The topological polar surface area (TPSA) is 49.4 Å². The fourth-order valence-corrected chi connectivity index (χ4v) is 2.57. The molecule has 25 heavy (non-hydrogen) atoms. The number of hydrogen-bond acceptors (Lipinski definition) is 2. The van der Waals surface area contributed by atoms with Gasteiger partial charge in [0.15, 0.2) is 0 Å². The van der Waals surface area contributed by atoms with Gasteiger partial charge in [-0.25, -0.2) is 4.39 Å². The average Bonchev–Trinajstić information content (AvgIpc) is 2.56. The molecule has 1 N–H and O–H groups in total. The number of nitrogens with zero attached hydrogens (tertiary/aromatic N) is 1. The normalized spacial score (nSPS) is 10.4. The Bertz CT molecular complexity index is 746. The smallest absolute Gasteiger partial charge is 0.244 e. The van der Waals surface area contributed by atoms with Crippen molar-refractivity contribution in [3.63, 3.8) is 0 Å². The van der Waals surface area contributed by atoms with Crippen molar-refractivity contribution in [1.29, 1.82) is 0 Å². The summed E-state index contributed by atoms with van der Waals surface area (Å²) < 4.78 is 13.3. The number of benzene rings is 2. The third-order valence-corrected chi connectivity index (χ3v) is 3.84. The van der Waals surface area contributed by atoms with Crippen molar-refractivity contribution in [2.45, 2.75) is 26.7 Å². The number of rotatable bonds is 7. The molecule has 0 aliphatic heterocycles. The summed E-state index contributed by atoms with van der Waals surface area (Å²) in [7, 11) is 0. The molecule has 5 heteroatoms. The largest absolute Gasteiger partial charge is 0.333 e. The van der Waals surface area contributed by atoms with Crippen LogP contribution in [0.5, 0.6) is 0 Å². The number of nitrogens with one attached hydrogen (secondary N) is 1. The molecule has 0 bridgehead atoms. The van der Waals surface area contributed by atoms with Crippen LogP contribution in [0.25, 0.3) is 0 Å². The lowest BCUT2D eigenvalue weighted by molar-refractivity contribution is -0.134. The molecule has 0 unspecified atom stereocenters. The summed E-state index contributed by atoms with van der Waals surface area (Å²) in [5, 5.41) is 2.83. The SMILES string of the molecule is CCCN(CC(=O)Nc1ccccc1C)C(=O)Cc1cccc(F)c1. The number of carbonyl (C=O) groups is 2. The standard InChI is InChI=1S/C20H23FN2O2/c1-3-11-23(20(25)13-16-8-6-9-17(21)12-16)14-19(24)22-18-10-5-4-7-15(18)2/h4-10,12H,3,11,13-14H2,1-2H3,(H,22,24). The van der Waals surface area contributed by atoms with Crippen LogP contribution in [0.2, 0.25) is 0 Å². The highest BCUT2D eigenvalue weighted by molar-refractivity contribution is 5.95. The molecule has 0 atom stereocenters. The van der Waals surface area contributed by atoms with Crippen molar-refractivity contribution < 1.29 is 14.0 Å². The minimum atomic E-state index is -0.371. The van der Waals surface area contributed by atoms with E-state index in [1.54, 1.807) is 12.1 Å². The fraction of sp³-hybridized carbons (Fsp3) is 0.300. The maximum Gasteiger partial charge on any atom is 0.244 e. The first-order valence-corrected chi connectivity index (χ1v) is 8.37. The molecule has 0 saturated heterocycles. The van der Waals surface area contributed by atoms with Gasteiger partial charge >= 0.3 is 0 Å². The quantitative estimate of drug-likeness (QED) is 0.836. The number of hydrogen-bond donors (Lipinski definition) is 1. The Morgan fingerprint density at radius 2 is 1.88 bits per heavy atom.